The number of hydrogen-bond donors (Lipinski definition) is 1. The van der Waals surface area contributed by atoms with Gasteiger partial charge in [0.15, 0.2) is 11.5 Å². The molecule has 30 heavy (non-hydrogen) atoms. The Labute approximate surface area is 172 Å². The number of benzene rings is 1. The third-order valence-electron chi connectivity index (χ3n) is 5.10. The Morgan fingerprint density at radius 2 is 2.20 bits per heavy atom. The molecule has 0 aliphatic carbocycles. The lowest BCUT2D eigenvalue weighted by molar-refractivity contribution is -0.116. The Balaban J connectivity index is 1.60. The highest BCUT2D eigenvalue weighted by molar-refractivity contribution is 5.95. The van der Waals surface area contributed by atoms with Crippen LogP contribution < -0.4 is 10.1 Å². The largest absolute Gasteiger partial charge is 0.490 e. The number of carbonyl (C=O) groups is 1. The highest BCUT2D eigenvalue weighted by Gasteiger charge is 2.33. The van der Waals surface area contributed by atoms with Crippen LogP contribution in [0.25, 0.3) is 11.5 Å². The van der Waals surface area contributed by atoms with Gasteiger partial charge in [0.25, 0.3) is 0 Å². The summed E-state index contributed by atoms with van der Waals surface area (Å²) in [5.41, 5.74) is 3.44. The van der Waals surface area contributed by atoms with Gasteiger partial charge in [-0.25, -0.2) is 0 Å². The maximum absolute atomic E-state index is 12.6. The fourth-order valence-corrected chi connectivity index (χ4v) is 3.81. The fourth-order valence-electron chi connectivity index (χ4n) is 3.81. The van der Waals surface area contributed by atoms with Gasteiger partial charge in [0.05, 0.1) is 5.69 Å². The molecule has 5 rings (SSSR count). The third kappa shape index (κ3) is 3.00. The number of nitrogens with one attached hydrogen (secondary N) is 1. The Bertz CT molecular complexity index is 1270. The molecule has 0 saturated carbocycles. The average Bonchev–Trinajstić information content (AvgIpc) is 3.35. The van der Waals surface area contributed by atoms with Gasteiger partial charge in [0.2, 0.25) is 5.91 Å². The normalized spacial score (nSPS) is 15.6. The van der Waals surface area contributed by atoms with Crippen molar-refractivity contribution in [3.8, 4) is 11.6 Å². The van der Waals surface area contributed by atoms with Crippen molar-refractivity contribution < 1.29 is 9.53 Å². The molecule has 0 saturated heterocycles. The van der Waals surface area contributed by atoms with Crippen LogP contribution in [0, 0.1) is 6.92 Å². The molecule has 0 fully saturated rings. The lowest BCUT2D eigenvalue weighted by Crippen LogP contribution is -2.25. The van der Waals surface area contributed by atoms with E-state index in [-0.39, 0.29) is 11.8 Å². The molecule has 9 nitrogen and oxygen atoms in total. The van der Waals surface area contributed by atoms with E-state index in [0.717, 1.165) is 22.6 Å². The Morgan fingerprint density at radius 1 is 1.30 bits per heavy atom. The van der Waals surface area contributed by atoms with Crippen molar-refractivity contribution in [2.75, 3.05) is 11.9 Å². The highest BCUT2D eigenvalue weighted by atomic mass is 16.5. The lowest BCUT2D eigenvalue weighted by Gasteiger charge is -2.24. The molecule has 0 bridgehead atoms. The maximum Gasteiger partial charge on any atom is 0.226 e. The van der Waals surface area contributed by atoms with Gasteiger partial charge in [-0.2, -0.15) is 14.3 Å². The van der Waals surface area contributed by atoms with Crippen LogP contribution in [0.2, 0.25) is 0 Å². The van der Waals surface area contributed by atoms with E-state index in [1.54, 1.807) is 27.4 Å². The SMILES string of the molecule is C=CCOc1cccc([C@H]2CC(=O)Nc3c2c(C)nn3-c2ccc3nncn3n2)c1. The van der Waals surface area contributed by atoms with Gasteiger partial charge in [0.1, 0.15) is 24.5 Å². The zero-order valence-corrected chi connectivity index (χ0v) is 16.3. The Hall–Kier alpha value is -4.01. The van der Waals surface area contributed by atoms with Crippen molar-refractivity contribution in [1.29, 1.82) is 0 Å². The van der Waals surface area contributed by atoms with Gasteiger partial charge in [-0.1, -0.05) is 24.8 Å². The number of aromatic nitrogens is 6. The Kier molecular flexibility index (Phi) is 4.27. The summed E-state index contributed by atoms with van der Waals surface area (Å²) < 4.78 is 8.91. The fraction of sp³-hybridized carbons (Fsp3) is 0.190. The van der Waals surface area contributed by atoms with Gasteiger partial charge in [-0.05, 0) is 36.8 Å². The zero-order chi connectivity index (χ0) is 20.7. The van der Waals surface area contributed by atoms with Gasteiger partial charge in [-0.3, -0.25) is 4.79 Å². The molecule has 1 aromatic carbocycles. The van der Waals surface area contributed by atoms with E-state index in [1.807, 2.05) is 31.2 Å². The number of aryl methyl sites for hydroxylation is 1. The van der Waals surface area contributed by atoms with Crippen molar-refractivity contribution in [2.45, 2.75) is 19.3 Å². The second kappa shape index (κ2) is 7.11. The van der Waals surface area contributed by atoms with Crippen molar-refractivity contribution in [2.24, 2.45) is 0 Å². The number of anilines is 1. The summed E-state index contributed by atoms with van der Waals surface area (Å²) in [6, 6.07) is 11.4. The standard InChI is InChI=1S/C21H19N7O2/c1-3-9-30-15-6-4-5-14(10-15)16-11-19(29)23-21-20(16)13(2)25-28(21)18-8-7-17-24-22-12-27(17)26-18/h3-8,10,12,16H,1,9,11H2,2H3,(H,23,29)/t16-/m1/s1. The molecule has 1 N–H and O–H groups in total. The van der Waals surface area contributed by atoms with Crippen LogP contribution in [0.5, 0.6) is 5.75 Å². The molecule has 0 spiro atoms. The summed E-state index contributed by atoms with van der Waals surface area (Å²) in [6.45, 7) is 6.05. The minimum atomic E-state index is -0.131. The molecule has 1 atom stereocenters. The smallest absolute Gasteiger partial charge is 0.226 e. The monoisotopic (exact) mass is 401 g/mol. The van der Waals surface area contributed by atoms with Crippen molar-refractivity contribution in [3.05, 3.63) is 72.2 Å². The van der Waals surface area contributed by atoms with Crippen molar-refractivity contribution in [3.63, 3.8) is 0 Å². The molecular weight excluding hydrogens is 382 g/mol. The average molecular weight is 401 g/mol. The number of rotatable bonds is 5. The summed E-state index contributed by atoms with van der Waals surface area (Å²) in [6.07, 6.45) is 3.56. The first-order valence-electron chi connectivity index (χ1n) is 9.54. The topological polar surface area (TPSA) is 99.2 Å². The van der Waals surface area contributed by atoms with Gasteiger partial charge < -0.3 is 10.1 Å². The van der Waals surface area contributed by atoms with Crippen LogP contribution in [-0.4, -0.2) is 42.1 Å². The van der Waals surface area contributed by atoms with Crippen molar-refractivity contribution >= 4 is 17.4 Å². The first kappa shape index (κ1) is 18.0. The van der Waals surface area contributed by atoms with Crippen LogP contribution in [0.1, 0.15) is 29.2 Å². The molecule has 3 aromatic heterocycles. The third-order valence-corrected chi connectivity index (χ3v) is 5.10. The van der Waals surface area contributed by atoms with E-state index >= 15 is 0 Å². The minimum Gasteiger partial charge on any atom is -0.490 e. The molecule has 150 valence electrons. The number of amides is 1. The predicted octanol–water partition coefficient (Wildman–Crippen LogP) is 2.66. The van der Waals surface area contributed by atoms with Gasteiger partial charge >= 0.3 is 0 Å². The van der Waals surface area contributed by atoms with Crippen LogP contribution in [0.15, 0.2) is 55.4 Å². The first-order valence-corrected chi connectivity index (χ1v) is 9.54. The van der Waals surface area contributed by atoms with E-state index in [9.17, 15) is 4.79 Å². The second-order valence-corrected chi connectivity index (χ2v) is 7.06. The molecule has 9 heteroatoms. The van der Waals surface area contributed by atoms with E-state index in [2.05, 4.69) is 32.3 Å². The number of fused-ring (bicyclic) bond motifs is 2. The molecule has 1 aliphatic heterocycles. The van der Waals surface area contributed by atoms with Crippen molar-refractivity contribution in [1.82, 2.24) is 29.6 Å². The summed E-state index contributed by atoms with van der Waals surface area (Å²) >= 11 is 0. The zero-order valence-electron chi connectivity index (χ0n) is 16.3. The number of carbonyl (C=O) groups excluding carboxylic acids is 1. The summed E-state index contributed by atoms with van der Waals surface area (Å²) in [7, 11) is 0. The molecule has 0 radical (unpaired) electrons. The van der Waals surface area contributed by atoms with Crippen LogP contribution in [0.4, 0.5) is 5.82 Å². The Morgan fingerprint density at radius 3 is 3.07 bits per heavy atom. The predicted molar refractivity (Wildman–Crippen MR) is 110 cm³/mol. The van der Waals surface area contributed by atoms with Crippen LogP contribution in [-0.2, 0) is 4.79 Å². The summed E-state index contributed by atoms with van der Waals surface area (Å²) in [5.74, 6) is 1.73. The number of ether oxygens (including phenoxy) is 1. The molecule has 1 aliphatic rings. The number of hydrogen-bond acceptors (Lipinski definition) is 6. The van der Waals surface area contributed by atoms with Gasteiger partial charge in [0, 0.05) is 17.9 Å². The summed E-state index contributed by atoms with van der Waals surface area (Å²) in [5, 5.41) is 20.0. The molecule has 4 aromatic rings. The van der Waals surface area contributed by atoms with E-state index in [0.29, 0.717) is 30.3 Å². The van der Waals surface area contributed by atoms with Gasteiger partial charge in [-0.15, -0.1) is 15.3 Å². The highest BCUT2D eigenvalue weighted by Crippen LogP contribution is 2.40. The molecule has 4 heterocycles. The van der Waals surface area contributed by atoms with Crippen LogP contribution >= 0.6 is 0 Å². The van der Waals surface area contributed by atoms with E-state index in [1.165, 1.54) is 6.33 Å². The lowest BCUT2D eigenvalue weighted by atomic mass is 9.86. The van der Waals surface area contributed by atoms with Crippen LogP contribution in [0.3, 0.4) is 0 Å². The first-order chi connectivity index (χ1) is 14.6. The van der Waals surface area contributed by atoms with E-state index < -0.39 is 0 Å². The molecule has 0 unspecified atom stereocenters. The minimum absolute atomic E-state index is 0.0727. The number of nitrogens with zero attached hydrogens (tertiary/aromatic N) is 6. The quantitative estimate of drug-likeness (QED) is 0.516. The molecular formula is C21H19N7O2. The maximum atomic E-state index is 12.6. The second-order valence-electron chi connectivity index (χ2n) is 7.06. The molecule has 1 amide bonds. The van der Waals surface area contributed by atoms with E-state index in [4.69, 9.17) is 4.74 Å². The summed E-state index contributed by atoms with van der Waals surface area (Å²) in [4.78, 5) is 12.6.